The van der Waals surface area contributed by atoms with E-state index in [9.17, 15) is 9.59 Å². The summed E-state index contributed by atoms with van der Waals surface area (Å²) < 4.78 is 10.6. The monoisotopic (exact) mass is 646 g/mol. The van der Waals surface area contributed by atoms with E-state index in [-0.39, 0.29) is 12.4 Å². The summed E-state index contributed by atoms with van der Waals surface area (Å²) in [7, 11) is 0. The number of rotatable bonds is 33. The number of hydrogen-bond donors (Lipinski definition) is 1. The van der Waals surface area contributed by atoms with Crippen LogP contribution in [0.15, 0.2) is 48.6 Å². The summed E-state index contributed by atoms with van der Waals surface area (Å²) in [4.78, 5) is 24.2. The molecule has 0 aromatic heterocycles. The van der Waals surface area contributed by atoms with E-state index < -0.39 is 11.2 Å². The van der Waals surface area contributed by atoms with E-state index in [0.717, 1.165) is 64.2 Å². The van der Waals surface area contributed by atoms with E-state index in [1.54, 1.807) is 0 Å². The van der Waals surface area contributed by atoms with Gasteiger partial charge in [0.1, 0.15) is 5.25 Å². The minimum atomic E-state index is -0.752. The molecule has 5 heteroatoms. The highest BCUT2D eigenvalue weighted by Crippen LogP contribution is 2.12. The van der Waals surface area contributed by atoms with Crippen LogP contribution in [0.5, 0.6) is 0 Å². The summed E-state index contributed by atoms with van der Waals surface area (Å²) >= 11 is 4.26. The fourth-order valence-electron chi connectivity index (χ4n) is 4.94. The lowest BCUT2D eigenvalue weighted by Gasteiger charge is -2.11. The number of thiol groups is 1. The molecule has 0 fully saturated rings. The van der Waals surface area contributed by atoms with Gasteiger partial charge in [-0.2, -0.15) is 12.6 Å². The first kappa shape index (κ1) is 43.2. The van der Waals surface area contributed by atoms with Gasteiger partial charge in [0.2, 0.25) is 0 Å². The highest BCUT2D eigenvalue weighted by Gasteiger charge is 2.20. The molecule has 0 aromatic carbocycles. The minimum absolute atomic E-state index is 0.0339. The molecule has 0 rings (SSSR count). The van der Waals surface area contributed by atoms with Crippen LogP contribution in [0.25, 0.3) is 0 Å². The summed E-state index contributed by atoms with van der Waals surface area (Å²) in [6.45, 7) is 5.29. The maximum atomic E-state index is 12.1. The molecule has 1 atom stereocenters. The van der Waals surface area contributed by atoms with Crippen molar-refractivity contribution in [3.63, 3.8) is 0 Å². The first-order valence-corrected chi connectivity index (χ1v) is 19.2. The smallest absolute Gasteiger partial charge is 0.319 e. The summed E-state index contributed by atoms with van der Waals surface area (Å²) in [6, 6.07) is 0. The molecular weight excluding hydrogens is 577 g/mol. The molecule has 1 unspecified atom stereocenters. The SMILES string of the molecule is CCCCC/C=C\C/C=C\CCCCCCCCOC(=O)CC(S)C(=O)OCCCCCCCC/C=C\C/C=C\CCCCC. The van der Waals surface area contributed by atoms with Gasteiger partial charge in [-0.25, -0.2) is 0 Å². The highest BCUT2D eigenvalue weighted by atomic mass is 32.1. The number of hydrogen-bond acceptors (Lipinski definition) is 5. The Morgan fingerprint density at radius 2 is 0.844 bits per heavy atom. The molecule has 260 valence electrons. The zero-order chi connectivity index (χ0) is 32.9. The Hall–Kier alpha value is -1.75. The molecule has 0 aromatic rings. The summed E-state index contributed by atoms with van der Waals surface area (Å²) in [5.74, 6) is -0.796. The molecule has 0 bridgehead atoms. The summed E-state index contributed by atoms with van der Waals surface area (Å²) in [5, 5.41) is -0.752. The minimum Gasteiger partial charge on any atom is -0.466 e. The van der Waals surface area contributed by atoms with E-state index >= 15 is 0 Å². The molecule has 0 radical (unpaired) electrons. The van der Waals surface area contributed by atoms with Gasteiger partial charge in [0.05, 0.1) is 19.6 Å². The highest BCUT2D eigenvalue weighted by molar-refractivity contribution is 7.81. The van der Waals surface area contributed by atoms with Gasteiger partial charge in [-0.15, -0.1) is 0 Å². The van der Waals surface area contributed by atoms with E-state index in [2.05, 4.69) is 75.1 Å². The van der Waals surface area contributed by atoms with Gasteiger partial charge in [-0.1, -0.05) is 140 Å². The zero-order valence-corrected chi connectivity index (χ0v) is 30.3. The quantitative estimate of drug-likeness (QED) is 0.0334. The molecule has 0 heterocycles. The first-order valence-electron chi connectivity index (χ1n) is 18.7. The first-order chi connectivity index (χ1) is 22.1. The van der Waals surface area contributed by atoms with Crippen molar-refractivity contribution >= 4 is 24.6 Å². The molecular formula is C40H70O4S. The Labute approximate surface area is 284 Å². The molecule has 4 nitrogen and oxygen atoms in total. The second-order valence-corrected chi connectivity index (χ2v) is 12.9. The normalized spacial score (nSPS) is 12.7. The van der Waals surface area contributed by atoms with Crippen molar-refractivity contribution in [3.8, 4) is 0 Å². The Morgan fingerprint density at radius 3 is 1.27 bits per heavy atom. The Balaban J connectivity index is 3.50. The number of carbonyl (C=O) groups excluding carboxylic acids is 2. The van der Waals surface area contributed by atoms with Crippen molar-refractivity contribution in [2.45, 2.75) is 180 Å². The van der Waals surface area contributed by atoms with Gasteiger partial charge in [0.15, 0.2) is 0 Å². The Kier molecular flexibility index (Phi) is 35.3. The van der Waals surface area contributed by atoms with Gasteiger partial charge in [0, 0.05) is 0 Å². The third kappa shape index (κ3) is 35.0. The largest absolute Gasteiger partial charge is 0.466 e. The second-order valence-electron chi connectivity index (χ2n) is 12.3. The average Bonchev–Trinajstić information content (AvgIpc) is 3.03. The third-order valence-corrected chi connectivity index (χ3v) is 8.22. The predicted molar refractivity (Wildman–Crippen MR) is 198 cm³/mol. The van der Waals surface area contributed by atoms with Crippen molar-refractivity contribution in [2.75, 3.05) is 13.2 Å². The van der Waals surface area contributed by atoms with Crippen molar-refractivity contribution in [1.29, 1.82) is 0 Å². The van der Waals surface area contributed by atoms with Crippen LogP contribution >= 0.6 is 12.6 Å². The number of allylic oxidation sites excluding steroid dienone is 8. The standard InChI is InChI=1S/C40H70O4S/c1-3-5-7-9-11-13-15-17-19-21-23-25-27-29-31-33-35-43-39(41)37-38(45)40(42)44-36-34-32-30-28-26-24-22-20-18-16-14-12-10-8-6-4-2/h11-14,17-20,38,45H,3-10,15-16,21-37H2,1-2H3/b13-11-,14-12-,19-17-,20-18-. The zero-order valence-electron chi connectivity index (χ0n) is 29.4. The van der Waals surface area contributed by atoms with E-state index in [1.807, 2.05) is 0 Å². The van der Waals surface area contributed by atoms with Crippen LogP contribution in [0.1, 0.15) is 174 Å². The van der Waals surface area contributed by atoms with Crippen LogP contribution in [0.4, 0.5) is 0 Å². The molecule has 0 aliphatic rings. The number of unbranched alkanes of at least 4 members (excludes halogenated alkanes) is 18. The second kappa shape index (κ2) is 36.7. The van der Waals surface area contributed by atoms with Gasteiger partial charge in [0.25, 0.3) is 0 Å². The number of ether oxygens (including phenoxy) is 2. The Morgan fingerprint density at radius 1 is 0.489 bits per heavy atom. The lowest BCUT2D eigenvalue weighted by molar-refractivity contribution is -0.149. The van der Waals surface area contributed by atoms with Crippen molar-refractivity contribution in [2.24, 2.45) is 0 Å². The fraction of sp³-hybridized carbons (Fsp3) is 0.750. The van der Waals surface area contributed by atoms with Crippen LogP contribution in [-0.4, -0.2) is 30.4 Å². The average molecular weight is 647 g/mol. The number of esters is 2. The van der Waals surface area contributed by atoms with Gasteiger partial charge < -0.3 is 9.47 Å². The molecule has 0 N–H and O–H groups in total. The Bertz CT molecular complexity index is 770. The van der Waals surface area contributed by atoms with Crippen LogP contribution in [0.2, 0.25) is 0 Å². The number of carbonyl (C=O) groups is 2. The van der Waals surface area contributed by atoms with Crippen molar-refractivity contribution in [3.05, 3.63) is 48.6 Å². The lowest BCUT2D eigenvalue weighted by Crippen LogP contribution is -2.23. The van der Waals surface area contributed by atoms with E-state index in [0.29, 0.717) is 13.2 Å². The topological polar surface area (TPSA) is 52.6 Å². The molecule has 0 saturated carbocycles. The van der Waals surface area contributed by atoms with Crippen LogP contribution in [-0.2, 0) is 19.1 Å². The third-order valence-electron chi connectivity index (χ3n) is 7.83. The maximum Gasteiger partial charge on any atom is 0.319 e. The van der Waals surface area contributed by atoms with Crippen molar-refractivity contribution in [1.82, 2.24) is 0 Å². The van der Waals surface area contributed by atoms with Crippen LogP contribution < -0.4 is 0 Å². The molecule has 0 spiro atoms. The van der Waals surface area contributed by atoms with Crippen molar-refractivity contribution < 1.29 is 19.1 Å². The molecule has 45 heavy (non-hydrogen) atoms. The summed E-state index contributed by atoms with van der Waals surface area (Å²) in [6.07, 6.45) is 46.6. The van der Waals surface area contributed by atoms with Gasteiger partial charge in [-0.05, 0) is 77.0 Å². The molecule has 0 aliphatic carbocycles. The summed E-state index contributed by atoms with van der Waals surface area (Å²) in [5.41, 5.74) is 0. The van der Waals surface area contributed by atoms with Gasteiger partial charge in [-0.3, -0.25) is 9.59 Å². The predicted octanol–water partition coefficient (Wildman–Crippen LogP) is 12.4. The maximum absolute atomic E-state index is 12.1. The van der Waals surface area contributed by atoms with E-state index in [1.165, 1.54) is 89.9 Å². The van der Waals surface area contributed by atoms with E-state index in [4.69, 9.17) is 9.47 Å². The molecule has 0 saturated heterocycles. The van der Waals surface area contributed by atoms with Crippen LogP contribution in [0.3, 0.4) is 0 Å². The molecule has 0 aliphatic heterocycles. The van der Waals surface area contributed by atoms with Crippen LogP contribution in [0, 0.1) is 0 Å². The molecule has 0 amide bonds. The van der Waals surface area contributed by atoms with Gasteiger partial charge >= 0.3 is 11.9 Å². The lowest BCUT2D eigenvalue weighted by atomic mass is 10.1. The fourth-order valence-corrected chi connectivity index (χ4v) is 5.16.